The molecule has 6 heteroatoms. The molecule has 0 fully saturated rings. The summed E-state index contributed by atoms with van der Waals surface area (Å²) >= 11 is 0. The van der Waals surface area contributed by atoms with Gasteiger partial charge in [0.1, 0.15) is 6.10 Å². The van der Waals surface area contributed by atoms with E-state index in [1.807, 2.05) is 0 Å². The number of hydrogen-bond donors (Lipinski definition) is 1. The number of rotatable bonds is 5. The number of hydrogen-bond acceptors (Lipinski definition) is 3. The maximum atomic E-state index is 12.4. The average Bonchev–Trinajstić information content (AvgIpc) is 2.14. The van der Waals surface area contributed by atoms with E-state index in [0.29, 0.717) is 6.92 Å². The van der Waals surface area contributed by atoms with E-state index in [1.54, 1.807) is 6.92 Å². The molecule has 0 aliphatic carbocycles. The zero-order chi connectivity index (χ0) is 13.9. The molecule has 0 rings (SSSR count). The van der Waals surface area contributed by atoms with Crippen LogP contribution >= 0.6 is 0 Å². The number of aliphatic hydroxyl groups is 1. The lowest BCUT2D eigenvalue weighted by atomic mass is 9.96. The summed E-state index contributed by atoms with van der Waals surface area (Å²) in [6.07, 6.45) is -6.25. The van der Waals surface area contributed by atoms with E-state index in [4.69, 9.17) is 4.74 Å². The molecule has 100 valence electrons. The molecule has 3 nitrogen and oxygen atoms in total. The van der Waals surface area contributed by atoms with Gasteiger partial charge in [0, 0.05) is 12.0 Å². The van der Waals surface area contributed by atoms with Gasteiger partial charge in [0.15, 0.2) is 5.60 Å². The maximum absolute atomic E-state index is 12.4. The molecule has 0 heterocycles. The Labute approximate surface area is 98.3 Å². The van der Waals surface area contributed by atoms with Crippen LogP contribution in [0.3, 0.4) is 0 Å². The fourth-order valence-corrected chi connectivity index (χ4v) is 1.08. The SMILES string of the molecule is C=C(C)C(=O)OC(CC)CC(C)(O)C(F)(F)F. The molecule has 2 unspecified atom stereocenters. The van der Waals surface area contributed by atoms with Crippen LogP contribution in [-0.2, 0) is 9.53 Å². The number of carbonyl (C=O) groups is 1. The van der Waals surface area contributed by atoms with Crippen molar-refractivity contribution in [1.29, 1.82) is 0 Å². The number of halogens is 3. The zero-order valence-electron chi connectivity index (χ0n) is 10.1. The lowest BCUT2D eigenvalue weighted by Gasteiger charge is -2.29. The third-order valence-corrected chi connectivity index (χ3v) is 2.31. The first-order chi connectivity index (χ1) is 7.51. The molecule has 0 radical (unpaired) electrons. The molecule has 0 spiro atoms. The molecule has 1 N–H and O–H groups in total. The smallest absolute Gasteiger partial charge is 0.417 e. The number of esters is 1. The van der Waals surface area contributed by atoms with E-state index < -0.39 is 30.3 Å². The fourth-order valence-electron chi connectivity index (χ4n) is 1.08. The highest BCUT2D eigenvalue weighted by atomic mass is 19.4. The van der Waals surface area contributed by atoms with E-state index in [2.05, 4.69) is 6.58 Å². The van der Waals surface area contributed by atoms with Gasteiger partial charge >= 0.3 is 12.1 Å². The summed E-state index contributed by atoms with van der Waals surface area (Å²) in [6.45, 7) is 6.96. The molecule has 0 aromatic carbocycles. The van der Waals surface area contributed by atoms with Gasteiger partial charge in [-0.05, 0) is 20.3 Å². The number of carbonyl (C=O) groups excluding carboxylic acids is 1. The van der Waals surface area contributed by atoms with Gasteiger partial charge in [-0.15, -0.1) is 0 Å². The van der Waals surface area contributed by atoms with Crippen LogP contribution in [0.4, 0.5) is 13.2 Å². The fraction of sp³-hybridized carbons (Fsp3) is 0.727. The standard InChI is InChI=1S/C11H17F3O3/c1-5-8(17-9(15)7(2)3)6-10(4,16)11(12,13)14/h8,16H,2,5-6H2,1,3-4H3. The Balaban J connectivity index is 4.62. The van der Waals surface area contributed by atoms with Gasteiger partial charge in [0.25, 0.3) is 0 Å². The molecular weight excluding hydrogens is 237 g/mol. The predicted molar refractivity (Wildman–Crippen MR) is 56.3 cm³/mol. The van der Waals surface area contributed by atoms with Gasteiger partial charge in [-0.1, -0.05) is 13.5 Å². The van der Waals surface area contributed by atoms with Crippen LogP contribution in [0, 0.1) is 0 Å². The molecule has 0 saturated carbocycles. The minimum atomic E-state index is -4.75. The monoisotopic (exact) mass is 254 g/mol. The Morgan fingerprint density at radius 1 is 1.47 bits per heavy atom. The van der Waals surface area contributed by atoms with Gasteiger partial charge < -0.3 is 9.84 Å². The second-order valence-corrected chi connectivity index (χ2v) is 4.19. The van der Waals surface area contributed by atoms with Gasteiger partial charge in [-0.25, -0.2) is 4.79 Å². The minimum Gasteiger partial charge on any atom is -0.459 e. The van der Waals surface area contributed by atoms with Crippen molar-refractivity contribution in [3.8, 4) is 0 Å². The number of alkyl halides is 3. The molecule has 0 aromatic heterocycles. The van der Waals surface area contributed by atoms with Crippen molar-refractivity contribution in [3.63, 3.8) is 0 Å². The summed E-state index contributed by atoms with van der Waals surface area (Å²) in [4.78, 5) is 11.2. The highest BCUT2D eigenvalue weighted by Crippen LogP contribution is 2.34. The Morgan fingerprint density at radius 3 is 2.24 bits per heavy atom. The summed E-state index contributed by atoms with van der Waals surface area (Å²) in [6, 6.07) is 0. The Kier molecular flexibility index (Phi) is 5.19. The lowest BCUT2D eigenvalue weighted by Crippen LogP contribution is -2.45. The van der Waals surface area contributed by atoms with Gasteiger partial charge in [0.05, 0.1) is 0 Å². The van der Waals surface area contributed by atoms with Crippen molar-refractivity contribution in [2.45, 2.75) is 51.5 Å². The minimum absolute atomic E-state index is 0.107. The second-order valence-electron chi connectivity index (χ2n) is 4.19. The van der Waals surface area contributed by atoms with Crippen LogP contribution in [0.25, 0.3) is 0 Å². The second kappa shape index (κ2) is 5.53. The van der Waals surface area contributed by atoms with Crippen molar-refractivity contribution < 1.29 is 27.8 Å². The molecular formula is C11H17F3O3. The van der Waals surface area contributed by atoms with Crippen molar-refractivity contribution in [2.75, 3.05) is 0 Å². The van der Waals surface area contributed by atoms with Crippen molar-refractivity contribution in [3.05, 3.63) is 12.2 Å². The third kappa shape index (κ3) is 4.77. The molecule has 17 heavy (non-hydrogen) atoms. The van der Waals surface area contributed by atoms with Gasteiger partial charge in [-0.2, -0.15) is 13.2 Å². The summed E-state index contributed by atoms with van der Waals surface area (Å²) in [5.41, 5.74) is -2.77. The van der Waals surface area contributed by atoms with E-state index in [9.17, 15) is 23.1 Å². The highest BCUT2D eigenvalue weighted by molar-refractivity contribution is 5.87. The first kappa shape index (κ1) is 16.0. The lowest BCUT2D eigenvalue weighted by molar-refractivity contribution is -0.261. The van der Waals surface area contributed by atoms with E-state index >= 15 is 0 Å². The Hall–Kier alpha value is -1.04. The summed E-state index contributed by atoms with van der Waals surface area (Å²) in [5, 5.41) is 9.27. The highest BCUT2D eigenvalue weighted by Gasteiger charge is 2.51. The summed E-state index contributed by atoms with van der Waals surface area (Å²) in [7, 11) is 0. The average molecular weight is 254 g/mol. The van der Waals surface area contributed by atoms with E-state index in [0.717, 1.165) is 0 Å². The van der Waals surface area contributed by atoms with Gasteiger partial charge in [0.2, 0.25) is 0 Å². The molecule has 0 bridgehead atoms. The van der Waals surface area contributed by atoms with Crippen LogP contribution < -0.4 is 0 Å². The first-order valence-electron chi connectivity index (χ1n) is 5.17. The van der Waals surface area contributed by atoms with Crippen LogP contribution in [0.15, 0.2) is 12.2 Å². The summed E-state index contributed by atoms with van der Waals surface area (Å²) < 4.78 is 42.0. The molecule has 0 saturated heterocycles. The Morgan fingerprint density at radius 2 is 1.94 bits per heavy atom. The molecule has 2 atom stereocenters. The Bertz CT molecular complexity index is 295. The summed E-state index contributed by atoms with van der Waals surface area (Å²) in [5.74, 6) is -0.755. The maximum Gasteiger partial charge on any atom is 0.417 e. The largest absolute Gasteiger partial charge is 0.459 e. The normalized spacial score (nSPS) is 17.1. The third-order valence-electron chi connectivity index (χ3n) is 2.31. The van der Waals surface area contributed by atoms with Crippen LogP contribution in [0.1, 0.15) is 33.6 Å². The molecule has 0 amide bonds. The van der Waals surface area contributed by atoms with E-state index in [1.165, 1.54) is 6.92 Å². The molecule has 0 aliphatic heterocycles. The van der Waals surface area contributed by atoms with Crippen LogP contribution in [0.2, 0.25) is 0 Å². The predicted octanol–water partition coefficient (Wildman–Crippen LogP) is 2.59. The molecule has 0 aromatic rings. The van der Waals surface area contributed by atoms with E-state index in [-0.39, 0.29) is 12.0 Å². The quantitative estimate of drug-likeness (QED) is 0.606. The van der Waals surface area contributed by atoms with Crippen LogP contribution in [0.5, 0.6) is 0 Å². The van der Waals surface area contributed by atoms with Crippen molar-refractivity contribution in [2.24, 2.45) is 0 Å². The van der Waals surface area contributed by atoms with Gasteiger partial charge in [-0.3, -0.25) is 0 Å². The van der Waals surface area contributed by atoms with Crippen LogP contribution in [-0.4, -0.2) is 29.0 Å². The first-order valence-corrected chi connectivity index (χ1v) is 5.17. The van der Waals surface area contributed by atoms with Crippen molar-refractivity contribution >= 4 is 5.97 Å². The molecule has 0 aliphatic rings. The topological polar surface area (TPSA) is 46.5 Å². The number of ether oxygens (including phenoxy) is 1. The van der Waals surface area contributed by atoms with Crippen molar-refractivity contribution in [1.82, 2.24) is 0 Å². The zero-order valence-corrected chi connectivity index (χ0v) is 10.1.